The smallest absolute Gasteiger partial charge is 0.282 e. The number of rotatable bonds is 6. The van der Waals surface area contributed by atoms with Gasteiger partial charge in [0.25, 0.3) is 5.56 Å². The van der Waals surface area contributed by atoms with E-state index in [4.69, 9.17) is 51.1 Å². The molecule has 10 heteroatoms. The molecule has 1 heterocycles. The lowest BCUT2D eigenvalue weighted by atomic mass is 10.2. The second-order valence-electron chi connectivity index (χ2n) is 7.26. The number of hydrogen-bond donors (Lipinski definition) is 0. The molecule has 0 radical (unpaired) electrons. The zero-order valence-corrected chi connectivity index (χ0v) is 22.3. The van der Waals surface area contributed by atoms with E-state index in [9.17, 15) is 4.79 Å². The Balaban J connectivity index is 1.62. The molecule has 0 N–H and O–H groups in total. The first-order chi connectivity index (χ1) is 16.3. The van der Waals surface area contributed by atoms with Crippen molar-refractivity contribution in [1.82, 2.24) is 9.66 Å². The third kappa shape index (κ3) is 5.42. The molecule has 0 saturated carbocycles. The van der Waals surface area contributed by atoms with Gasteiger partial charge in [-0.15, -0.1) is 0 Å². The number of aromatic nitrogens is 2. The number of ether oxygens (including phenoxy) is 1. The van der Waals surface area contributed by atoms with E-state index in [1.165, 1.54) is 10.9 Å². The summed E-state index contributed by atoms with van der Waals surface area (Å²) in [4.78, 5) is 17.6. The van der Waals surface area contributed by atoms with Gasteiger partial charge in [-0.2, -0.15) is 9.78 Å². The number of fused-ring (bicyclic) bond motifs is 1. The highest BCUT2D eigenvalue weighted by Crippen LogP contribution is 2.35. The molecule has 5 nitrogen and oxygen atoms in total. The second-order valence-corrected chi connectivity index (χ2v) is 9.80. The Morgan fingerprint density at radius 1 is 1.00 bits per heavy atom. The summed E-state index contributed by atoms with van der Waals surface area (Å²) >= 11 is 28.2. The maximum absolute atomic E-state index is 13.0. The zero-order valence-electron chi connectivity index (χ0n) is 17.7. The van der Waals surface area contributed by atoms with Crippen LogP contribution in [0.4, 0.5) is 0 Å². The van der Waals surface area contributed by atoms with E-state index in [2.05, 4.69) is 26.0 Å². The molecule has 1 aromatic heterocycles. The van der Waals surface area contributed by atoms with Crippen molar-refractivity contribution >= 4 is 79.5 Å². The summed E-state index contributed by atoms with van der Waals surface area (Å²) in [5.41, 5.74) is 1.76. The molecule has 0 spiro atoms. The van der Waals surface area contributed by atoms with Gasteiger partial charge in [-0.05, 0) is 53.6 Å². The molecule has 34 heavy (non-hydrogen) atoms. The average molecular weight is 600 g/mol. The minimum Gasteiger partial charge on any atom is -0.486 e. The van der Waals surface area contributed by atoms with Gasteiger partial charge in [-0.1, -0.05) is 75.3 Å². The maximum Gasteiger partial charge on any atom is 0.282 e. The van der Waals surface area contributed by atoms with Crippen LogP contribution in [0.15, 0.2) is 62.9 Å². The van der Waals surface area contributed by atoms with E-state index in [1.54, 1.807) is 42.5 Å². The monoisotopic (exact) mass is 597 g/mol. The van der Waals surface area contributed by atoms with Crippen LogP contribution in [-0.4, -0.2) is 15.9 Å². The molecule has 0 aliphatic carbocycles. The largest absolute Gasteiger partial charge is 0.486 e. The van der Waals surface area contributed by atoms with Crippen molar-refractivity contribution in [2.75, 3.05) is 0 Å². The van der Waals surface area contributed by atoms with Gasteiger partial charge in [0.15, 0.2) is 5.75 Å². The van der Waals surface area contributed by atoms with Gasteiger partial charge >= 0.3 is 0 Å². The third-order valence-electron chi connectivity index (χ3n) is 4.90. The Labute approximate surface area is 224 Å². The standard InChI is InChI=1S/C24H16BrCl4N3O2/c1-2-22-31-21-6-4-15(25)10-16(21)24(33)32(22)30-11-14-8-19(28)23(20(29)9-14)34-12-13-3-5-17(26)18(27)7-13/h3-11H,2,12H2,1H3. The van der Waals surface area contributed by atoms with E-state index in [1.807, 2.05) is 13.0 Å². The van der Waals surface area contributed by atoms with E-state index in [-0.39, 0.29) is 12.2 Å². The Bertz CT molecular complexity index is 1460. The molecule has 0 aliphatic rings. The highest BCUT2D eigenvalue weighted by atomic mass is 79.9. The molecule has 0 bridgehead atoms. The summed E-state index contributed by atoms with van der Waals surface area (Å²) < 4.78 is 7.87. The van der Waals surface area contributed by atoms with Crippen LogP contribution in [0.3, 0.4) is 0 Å². The average Bonchev–Trinajstić information content (AvgIpc) is 2.80. The Morgan fingerprint density at radius 2 is 1.74 bits per heavy atom. The first kappa shape index (κ1) is 25.0. The minimum absolute atomic E-state index is 0.206. The third-order valence-corrected chi connectivity index (χ3v) is 6.70. The molecular formula is C24H16BrCl4N3O2. The van der Waals surface area contributed by atoms with Crippen LogP contribution in [0.5, 0.6) is 5.75 Å². The molecule has 0 amide bonds. The summed E-state index contributed by atoms with van der Waals surface area (Å²) in [6, 6.07) is 13.9. The van der Waals surface area contributed by atoms with Crippen molar-refractivity contribution in [3.8, 4) is 5.75 Å². The normalized spacial score (nSPS) is 11.5. The van der Waals surface area contributed by atoms with Crippen LogP contribution in [0.1, 0.15) is 23.9 Å². The Hall–Kier alpha value is -2.09. The van der Waals surface area contributed by atoms with Gasteiger partial charge in [0.1, 0.15) is 12.4 Å². The summed E-state index contributed by atoms with van der Waals surface area (Å²) in [5, 5.41) is 6.33. The number of hydrogen-bond acceptors (Lipinski definition) is 4. The van der Waals surface area contributed by atoms with Crippen molar-refractivity contribution in [3.05, 3.63) is 100 Å². The first-order valence-corrected chi connectivity index (χ1v) is 12.4. The number of halogens is 5. The van der Waals surface area contributed by atoms with Crippen molar-refractivity contribution in [3.63, 3.8) is 0 Å². The lowest BCUT2D eigenvalue weighted by molar-refractivity contribution is 0.306. The van der Waals surface area contributed by atoms with Gasteiger partial charge < -0.3 is 4.74 Å². The van der Waals surface area contributed by atoms with Crippen molar-refractivity contribution in [2.45, 2.75) is 20.0 Å². The zero-order chi connectivity index (χ0) is 24.4. The number of benzene rings is 3. The molecule has 0 atom stereocenters. The fraction of sp³-hybridized carbons (Fsp3) is 0.125. The van der Waals surface area contributed by atoms with Crippen LogP contribution in [-0.2, 0) is 13.0 Å². The van der Waals surface area contributed by atoms with Crippen LogP contribution in [0, 0.1) is 0 Å². The van der Waals surface area contributed by atoms with Crippen LogP contribution in [0.2, 0.25) is 20.1 Å². The van der Waals surface area contributed by atoms with E-state index in [0.29, 0.717) is 54.6 Å². The number of aryl methyl sites for hydroxylation is 1. The maximum atomic E-state index is 13.0. The molecule has 0 unspecified atom stereocenters. The predicted molar refractivity (Wildman–Crippen MR) is 143 cm³/mol. The lowest BCUT2D eigenvalue weighted by Crippen LogP contribution is -2.22. The van der Waals surface area contributed by atoms with Gasteiger partial charge in [0.2, 0.25) is 0 Å². The fourth-order valence-electron chi connectivity index (χ4n) is 3.24. The van der Waals surface area contributed by atoms with Crippen molar-refractivity contribution < 1.29 is 4.74 Å². The van der Waals surface area contributed by atoms with E-state index < -0.39 is 0 Å². The molecular weight excluding hydrogens is 584 g/mol. The molecule has 0 fully saturated rings. The first-order valence-electron chi connectivity index (χ1n) is 10.1. The summed E-state index contributed by atoms with van der Waals surface area (Å²) in [7, 11) is 0. The van der Waals surface area contributed by atoms with Gasteiger partial charge in [-0.3, -0.25) is 4.79 Å². The van der Waals surface area contributed by atoms with Crippen LogP contribution in [0.25, 0.3) is 10.9 Å². The van der Waals surface area contributed by atoms with Crippen molar-refractivity contribution in [2.24, 2.45) is 5.10 Å². The predicted octanol–water partition coefficient (Wildman–Crippen LogP) is 7.80. The highest BCUT2D eigenvalue weighted by molar-refractivity contribution is 9.10. The SMILES string of the molecule is CCc1nc2ccc(Br)cc2c(=O)n1N=Cc1cc(Cl)c(OCc2ccc(Cl)c(Cl)c2)c(Cl)c1. The number of nitrogens with zero attached hydrogens (tertiary/aromatic N) is 3. The Kier molecular flexibility index (Phi) is 7.85. The minimum atomic E-state index is -0.266. The summed E-state index contributed by atoms with van der Waals surface area (Å²) in [5.74, 6) is 0.866. The van der Waals surface area contributed by atoms with E-state index >= 15 is 0 Å². The second kappa shape index (κ2) is 10.7. The van der Waals surface area contributed by atoms with Gasteiger partial charge in [0, 0.05) is 10.9 Å². The lowest BCUT2D eigenvalue weighted by Gasteiger charge is -2.12. The fourth-order valence-corrected chi connectivity index (χ4v) is 4.54. The molecule has 4 aromatic rings. The topological polar surface area (TPSA) is 56.5 Å². The van der Waals surface area contributed by atoms with E-state index in [0.717, 1.165) is 10.0 Å². The molecule has 3 aromatic carbocycles. The van der Waals surface area contributed by atoms with Gasteiger partial charge in [0.05, 0.1) is 37.2 Å². The summed E-state index contributed by atoms with van der Waals surface area (Å²) in [6.07, 6.45) is 2.04. The van der Waals surface area contributed by atoms with Crippen LogP contribution >= 0.6 is 62.3 Å². The quantitative estimate of drug-likeness (QED) is 0.213. The molecule has 0 saturated heterocycles. The molecule has 174 valence electrons. The molecule has 4 rings (SSSR count). The summed E-state index contributed by atoms with van der Waals surface area (Å²) in [6.45, 7) is 2.11. The Morgan fingerprint density at radius 3 is 2.41 bits per heavy atom. The van der Waals surface area contributed by atoms with Gasteiger partial charge in [-0.25, -0.2) is 4.98 Å². The molecule has 0 aliphatic heterocycles. The highest BCUT2D eigenvalue weighted by Gasteiger charge is 2.12. The van der Waals surface area contributed by atoms with Crippen LogP contribution < -0.4 is 10.3 Å². The van der Waals surface area contributed by atoms with Crippen molar-refractivity contribution in [1.29, 1.82) is 0 Å².